The van der Waals surface area contributed by atoms with Gasteiger partial charge < -0.3 is 15.5 Å². The maximum atomic E-state index is 13.3. The van der Waals surface area contributed by atoms with Crippen molar-refractivity contribution in [3.05, 3.63) is 47.3 Å². The van der Waals surface area contributed by atoms with Gasteiger partial charge in [0.15, 0.2) is 0 Å². The van der Waals surface area contributed by atoms with Crippen LogP contribution < -0.4 is 10.6 Å². The number of rotatable bonds is 4. The Bertz CT molecular complexity index is 1010. The van der Waals surface area contributed by atoms with Gasteiger partial charge in [-0.1, -0.05) is 0 Å². The summed E-state index contributed by atoms with van der Waals surface area (Å²) in [5.74, 6) is -1.24. The highest BCUT2D eigenvalue weighted by atomic mass is 19.4. The average molecular weight is 420 g/mol. The van der Waals surface area contributed by atoms with Crippen LogP contribution in [0, 0.1) is 11.3 Å². The monoisotopic (exact) mass is 420 g/mol. The van der Waals surface area contributed by atoms with E-state index in [1.54, 1.807) is 15.8 Å². The second kappa shape index (κ2) is 8.06. The summed E-state index contributed by atoms with van der Waals surface area (Å²) in [6.45, 7) is 2.62. The van der Waals surface area contributed by atoms with Gasteiger partial charge in [0.1, 0.15) is 11.7 Å². The Labute approximate surface area is 170 Å². The van der Waals surface area contributed by atoms with Crippen LogP contribution in [0.5, 0.6) is 0 Å². The molecule has 1 aromatic heterocycles. The summed E-state index contributed by atoms with van der Waals surface area (Å²) in [7, 11) is 0. The zero-order chi connectivity index (χ0) is 22.1. The summed E-state index contributed by atoms with van der Waals surface area (Å²) in [5, 5.41) is 13.1. The van der Waals surface area contributed by atoms with Gasteiger partial charge in [-0.2, -0.15) is 23.5 Å². The first kappa shape index (κ1) is 21.2. The van der Waals surface area contributed by atoms with Crippen molar-refractivity contribution in [1.82, 2.24) is 14.7 Å². The number of carbonyl (C=O) groups is 2. The number of nitriles is 1. The minimum Gasteiger partial charge on any atom is -0.368 e. The number of aryl methyl sites for hydroxylation is 1. The SMILES string of the molecule is CCn1ccc(C(=O)N2CCN(c3ccc(C#N)c(C(F)(F)F)c3)CC2C(N)=O)n1. The summed E-state index contributed by atoms with van der Waals surface area (Å²) < 4.78 is 41.4. The highest BCUT2D eigenvalue weighted by molar-refractivity contribution is 5.96. The number of benzene rings is 1. The van der Waals surface area contributed by atoms with Gasteiger partial charge in [-0.15, -0.1) is 0 Å². The number of anilines is 1. The lowest BCUT2D eigenvalue weighted by Gasteiger charge is -2.40. The molecule has 1 aromatic carbocycles. The van der Waals surface area contributed by atoms with Crippen LogP contribution in [-0.4, -0.2) is 52.2 Å². The summed E-state index contributed by atoms with van der Waals surface area (Å²) in [6, 6.07) is 5.37. The number of nitrogens with two attached hydrogens (primary N) is 1. The molecule has 1 aliphatic heterocycles. The Morgan fingerprint density at radius 3 is 2.60 bits per heavy atom. The fraction of sp³-hybridized carbons (Fsp3) is 0.368. The Morgan fingerprint density at radius 2 is 2.03 bits per heavy atom. The summed E-state index contributed by atoms with van der Waals surface area (Å²) >= 11 is 0. The zero-order valence-electron chi connectivity index (χ0n) is 16.1. The summed E-state index contributed by atoms with van der Waals surface area (Å²) in [6.07, 6.45) is -3.06. The van der Waals surface area contributed by atoms with Gasteiger partial charge in [-0.05, 0) is 31.2 Å². The molecule has 30 heavy (non-hydrogen) atoms. The van der Waals surface area contributed by atoms with Crippen LogP contribution >= 0.6 is 0 Å². The van der Waals surface area contributed by atoms with E-state index < -0.39 is 35.2 Å². The van der Waals surface area contributed by atoms with Crippen molar-refractivity contribution in [3.8, 4) is 6.07 Å². The molecular weight excluding hydrogens is 401 g/mol. The molecule has 2 heterocycles. The molecular formula is C19H19F3N6O2. The van der Waals surface area contributed by atoms with E-state index in [4.69, 9.17) is 11.0 Å². The van der Waals surface area contributed by atoms with Gasteiger partial charge in [0.05, 0.1) is 17.2 Å². The van der Waals surface area contributed by atoms with Crippen LogP contribution in [0.25, 0.3) is 0 Å². The molecule has 1 unspecified atom stereocenters. The number of primary amides is 1. The lowest BCUT2D eigenvalue weighted by atomic mass is 10.0. The van der Waals surface area contributed by atoms with Crippen molar-refractivity contribution in [2.75, 3.05) is 24.5 Å². The molecule has 11 heteroatoms. The number of hydrogen-bond donors (Lipinski definition) is 1. The molecule has 0 aliphatic carbocycles. The fourth-order valence-electron chi connectivity index (χ4n) is 3.36. The van der Waals surface area contributed by atoms with Crippen molar-refractivity contribution in [3.63, 3.8) is 0 Å². The maximum Gasteiger partial charge on any atom is 0.417 e. The smallest absolute Gasteiger partial charge is 0.368 e. The normalized spacial score (nSPS) is 17.0. The molecule has 2 aromatic rings. The topological polar surface area (TPSA) is 108 Å². The lowest BCUT2D eigenvalue weighted by Crippen LogP contribution is -2.60. The molecule has 1 aliphatic rings. The molecule has 3 rings (SSSR count). The van der Waals surface area contributed by atoms with Crippen molar-refractivity contribution in [1.29, 1.82) is 5.26 Å². The molecule has 2 amide bonds. The number of aromatic nitrogens is 2. The Balaban J connectivity index is 1.86. The van der Waals surface area contributed by atoms with Crippen LogP contribution in [0.4, 0.5) is 18.9 Å². The number of piperazine rings is 1. The van der Waals surface area contributed by atoms with Crippen LogP contribution in [0.3, 0.4) is 0 Å². The highest BCUT2D eigenvalue weighted by Crippen LogP contribution is 2.35. The van der Waals surface area contributed by atoms with Gasteiger partial charge in [-0.3, -0.25) is 14.3 Å². The van der Waals surface area contributed by atoms with Gasteiger partial charge >= 0.3 is 6.18 Å². The average Bonchev–Trinajstić information content (AvgIpc) is 3.21. The molecule has 1 saturated heterocycles. The van der Waals surface area contributed by atoms with E-state index in [2.05, 4.69) is 5.10 Å². The summed E-state index contributed by atoms with van der Waals surface area (Å²) in [5.41, 5.74) is 4.29. The first-order valence-electron chi connectivity index (χ1n) is 9.15. The predicted octanol–water partition coefficient (Wildman–Crippen LogP) is 1.61. The Morgan fingerprint density at radius 1 is 1.30 bits per heavy atom. The van der Waals surface area contributed by atoms with E-state index in [0.717, 1.165) is 12.1 Å². The van der Waals surface area contributed by atoms with Gasteiger partial charge in [-0.25, -0.2) is 0 Å². The molecule has 0 bridgehead atoms. The fourth-order valence-corrected chi connectivity index (χ4v) is 3.36. The number of halogens is 3. The standard InChI is InChI=1S/C19H19F3N6O2/c1-2-27-6-5-15(25-27)18(30)28-8-7-26(11-16(28)17(24)29)13-4-3-12(10-23)14(9-13)19(20,21)22/h3-6,9,16H,2,7-8,11H2,1H3,(H2,24,29). The van der Waals surface area contributed by atoms with E-state index in [1.807, 2.05) is 6.92 Å². The third kappa shape index (κ3) is 4.07. The Kier molecular flexibility index (Phi) is 5.69. The van der Waals surface area contributed by atoms with Crippen LogP contribution in [-0.2, 0) is 17.5 Å². The van der Waals surface area contributed by atoms with Gasteiger partial charge in [0.25, 0.3) is 5.91 Å². The van der Waals surface area contributed by atoms with Crippen molar-refractivity contribution < 1.29 is 22.8 Å². The molecule has 8 nitrogen and oxygen atoms in total. The van der Waals surface area contributed by atoms with Crippen molar-refractivity contribution in [2.24, 2.45) is 5.73 Å². The highest BCUT2D eigenvalue weighted by Gasteiger charge is 2.37. The molecule has 2 N–H and O–H groups in total. The number of nitrogens with zero attached hydrogens (tertiary/aromatic N) is 5. The second-order valence-corrected chi connectivity index (χ2v) is 6.76. The van der Waals surface area contributed by atoms with E-state index in [-0.39, 0.29) is 31.0 Å². The van der Waals surface area contributed by atoms with Gasteiger partial charge in [0.2, 0.25) is 5.91 Å². The van der Waals surface area contributed by atoms with E-state index in [9.17, 15) is 22.8 Å². The van der Waals surface area contributed by atoms with Crippen molar-refractivity contribution >= 4 is 17.5 Å². The third-order valence-electron chi connectivity index (χ3n) is 4.95. The predicted molar refractivity (Wildman–Crippen MR) is 100 cm³/mol. The minimum atomic E-state index is -4.69. The second-order valence-electron chi connectivity index (χ2n) is 6.76. The Hall–Kier alpha value is -3.55. The van der Waals surface area contributed by atoms with E-state index >= 15 is 0 Å². The van der Waals surface area contributed by atoms with Gasteiger partial charge in [0, 0.05) is 38.1 Å². The quantitative estimate of drug-likeness (QED) is 0.809. The largest absolute Gasteiger partial charge is 0.417 e. The molecule has 0 radical (unpaired) electrons. The van der Waals surface area contributed by atoms with Crippen LogP contribution in [0.1, 0.15) is 28.5 Å². The maximum absolute atomic E-state index is 13.3. The first-order chi connectivity index (χ1) is 14.2. The molecule has 1 fully saturated rings. The number of alkyl halides is 3. The number of hydrogen-bond acceptors (Lipinski definition) is 5. The molecule has 0 spiro atoms. The van der Waals surface area contributed by atoms with Crippen LogP contribution in [0.2, 0.25) is 0 Å². The lowest BCUT2D eigenvalue weighted by molar-refractivity contribution is -0.137. The number of carbonyl (C=O) groups excluding carboxylic acids is 2. The molecule has 1 atom stereocenters. The summed E-state index contributed by atoms with van der Waals surface area (Å²) in [4.78, 5) is 27.6. The van der Waals surface area contributed by atoms with Crippen LogP contribution in [0.15, 0.2) is 30.5 Å². The molecule has 158 valence electrons. The third-order valence-corrected chi connectivity index (χ3v) is 4.95. The number of amides is 2. The zero-order valence-corrected chi connectivity index (χ0v) is 16.1. The van der Waals surface area contributed by atoms with Crippen molar-refractivity contribution in [2.45, 2.75) is 25.7 Å². The van der Waals surface area contributed by atoms with E-state index in [1.165, 1.54) is 23.1 Å². The first-order valence-corrected chi connectivity index (χ1v) is 9.15. The molecule has 0 saturated carbocycles. The minimum absolute atomic E-state index is 0.0707. The van der Waals surface area contributed by atoms with E-state index in [0.29, 0.717) is 6.54 Å².